The van der Waals surface area contributed by atoms with Gasteiger partial charge < -0.3 is 0 Å². The Hall–Kier alpha value is -1.09. The summed E-state index contributed by atoms with van der Waals surface area (Å²) in [4.78, 5) is 10.9. The Morgan fingerprint density at radius 2 is 2.50 bits per heavy atom. The van der Waals surface area contributed by atoms with Crippen molar-refractivity contribution >= 4 is 5.91 Å². The molecule has 3 nitrogen and oxygen atoms in total. The van der Waals surface area contributed by atoms with Crippen LogP contribution in [0.4, 0.5) is 0 Å². The SMILES string of the molecule is C=C1C=CCN(C)NC1=O. The van der Waals surface area contributed by atoms with Gasteiger partial charge in [0, 0.05) is 19.2 Å². The number of carbonyl (C=O) groups is 1. The van der Waals surface area contributed by atoms with Crippen LogP contribution in [0.5, 0.6) is 0 Å². The number of rotatable bonds is 0. The van der Waals surface area contributed by atoms with Crippen LogP contribution < -0.4 is 5.43 Å². The largest absolute Gasteiger partial charge is 0.285 e. The minimum Gasteiger partial charge on any atom is -0.285 e. The first kappa shape index (κ1) is 7.02. The first-order chi connectivity index (χ1) is 4.70. The second-order valence-corrected chi connectivity index (χ2v) is 2.25. The van der Waals surface area contributed by atoms with E-state index >= 15 is 0 Å². The van der Waals surface area contributed by atoms with Gasteiger partial charge in [-0.15, -0.1) is 0 Å². The van der Waals surface area contributed by atoms with Crippen molar-refractivity contribution in [2.75, 3.05) is 13.6 Å². The molecule has 1 aliphatic rings. The summed E-state index contributed by atoms with van der Waals surface area (Å²) in [5.41, 5.74) is 3.13. The molecule has 1 heterocycles. The molecule has 0 saturated carbocycles. The maximum Gasteiger partial charge on any atom is 0.264 e. The van der Waals surface area contributed by atoms with E-state index in [-0.39, 0.29) is 5.91 Å². The average molecular weight is 138 g/mol. The van der Waals surface area contributed by atoms with Crippen LogP contribution in [0.1, 0.15) is 0 Å². The molecule has 1 rings (SSSR count). The van der Waals surface area contributed by atoms with Crippen molar-refractivity contribution in [2.24, 2.45) is 0 Å². The minimum absolute atomic E-state index is 0.128. The zero-order chi connectivity index (χ0) is 7.56. The third kappa shape index (κ3) is 1.45. The quantitative estimate of drug-likeness (QED) is 0.481. The highest BCUT2D eigenvalue weighted by atomic mass is 16.2. The fourth-order valence-corrected chi connectivity index (χ4v) is 0.720. The van der Waals surface area contributed by atoms with Gasteiger partial charge in [0.25, 0.3) is 5.91 Å². The molecule has 0 saturated heterocycles. The fourth-order valence-electron chi connectivity index (χ4n) is 0.720. The molecule has 0 spiro atoms. The van der Waals surface area contributed by atoms with Gasteiger partial charge in [0.15, 0.2) is 0 Å². The van der Waals surface area contributed by atoms with Crippen LogP contribution in [-0.2, 0) is 4.79 Å². The number of hydrogen-bond acceptors (Lipinski definition) is 2. The number of nitrogens with zero attached hydrogens (tertiary/aromatic N) is 1. The number of amides is 1. The van der Waals surface area contributed by atoms with E-state index < -0.39 is 0 Å². The van der Waals surface area contributed by atoms with Crippen molar-refractivity contribution in [1.82, 2.24) is 10.4 Å². The summed E-state index contributed by atoms with van der Waals surface area (Å²) in [6, 6.07) is 0. The zero-order valence-electron chi connectivity index (χ0n) is 5.92. The molecule has 54 valence electrons. The molecular formula is C7H10N2O. The summed E-state index contributed by atoms with van der Waals surface area (Å²) in [6.07, 6.45) is 3.61. The predicted octanol–water partition coefficient (Wildman–Crippen LogP) is 0.0754. The summed E-state index contributed by atoms with van der Waals surface area (Å²) in [5, 5.41) is 1.71. The van der Waals surface area contributed by atoms with Gasteiger partial charge in [-0.1, -0.05) is 18.7 Å². The summed E-state index contributed by atoms with van der Waals surface area (Å²) in [5.74, 6) is -0.128. The van der Waals surface area contributed by atoms with Gasteiger partial charge in [0.1, 0.15) is 0 Å². The topological polar surface area (TPSA) is 32.3 Å². The van der Waals surface area contributed by atoms with E-state index in [0.717, 1.165) is 6.54 Å². The number of nitrogens with one attached hydrogen (secondary N) is 1. The third-order valence-electron chi connectivity index (χ3n) is 1.28. The molecule has 1 aliphatic heterocycles. The Labute approximate surface area is 60.0 Å². The Balaban J connectivity index is 2.71. The van der Waals surface area contributed by atoms with Gasteiger partial charge in [0.05, 0.1) is 0 Å². The van der Waals surface area contributed by atoms with Crippen LogP contribution in [0.3, 0.4) is 0 Å². The molecule has 0 aliphatic carbocycles. The van der Waals surface area contributed by atoms with Gasteiger partial charge in [-0.2, -0.15) is 0 Å². The highest BCUT2D eigenvalue weighted by Gasteiger charge is 2.08. The molecule has 0 aromatic heterocycles. The summed E-state index contributed by atoms with van der Waals surface area (Å²) >= 11 is 0. The molecule has 0 unspecified atom stereocenters. The molecule has 0 radical (unpaired) electrons. The molecule has 1 N–H and O–H groups in total. The van der Waals surface area contributed by atoms with E-state index in [4.69, 9.17) is 0 Å². The van der Waals surface area contributed by atoms with E-state index in [1.165, 1.54) is 0 Å². The first-order valence-electron chi connectivity index (χ1n) is 3.07. The van der Waals surface area contributed by atoms with Gasteiger partial charge in [-0.25, -0.2) is 5.01 Å². The van der Waals surface area contributed by atoms with Crippen molar-refractivity contribution in [3.8, 4) is 0 Å². The normalized spacial score (nSPS) is 20.5. The lowest BCUT2D eigenvalue weighted by Gasteiger charge is -2.12. The highest BCUT2D eigenvalue weighted by Crippen LogP contribution is 1.97. The molecule has 0 fully saturated rings. The van der Waals surface area contributed by atoms with E-state index in [9.17, 15) is 4.79 Å². The lowest BCUT2D eigenvalue weighted by Crippen LogP contribution is -2.38. The molecule has 0 atom stereocenters. The number of carbonyl (C=O) groups excluding carboxylic acids is 1. The van der Waals surface area contributed by atoms with Crippen molar-refractivity contribution in [2.45, 2.75) is 0 Å². The molecule has 0 bridgehead atoms. The van der Waals surface area contributed by atoms with Crippen LogP contribution in [0, 0.1) is 0 Å². The lowest BCUT2D eigenvalue weighted by molar-refractivity contribution is -0.120. The van der Waals surface area contributed by atoms with Crippen LogP contribution >= 0.6 is 0 Å². The third-order valence-corrected chi connectivity index (χ3v) is 1.28. The van der Waals surface area contributed by atoms with Crippen molar-refractivity contribution < 1.29 is 4.79 Å². The molecule has 10 heavy (non-hydrogen) atoms. The van der Waals surface area contributed by atoms with E-state index in [2.05, 4.69) is 12.0 Å². The Morgan fingerprint density at radius 3 is 3.20 bits per heavy atom. The van der Waals surface area contributed by atoms with Crippen LogP contribution in [0.2, 0.25) is 0 Å². The summed E-state index contributed by atoms with van der Waals surface area (Å²) in [6.45, 7) is 4.29. The van der Waals surface area contributed by atoms with Crippen LogP contribution in [0.25, 0.3) is 0 Å². The molecule has 0 aromatic carbocycles. The highest BCUT2D eigenvalue weighted by molar-refractivity contribution is 5.95. The number of hydrogen-bond donors (Lipinski definition) is 1. The lowest BCUT2D eigenvalue weighted by atomic mass is 10.3. The van der Waals surface area contributed by atoms with Crippen LogP contribution in [-0.4, -0.2) is 24.5 Å². The predicted molar refractivity (Wildman–Crippen MR) is 39.1 cm³/mol. The summed E-state index contributed by atoms with van der Waals surface area (Å²) in [7, 11) is 1.81. The monoisotopic (exact) mass is 138 g/mol. The second-order valence-electron chi connectivity index (χ2n) is 2.25. The molecular weight excluding hydrogens is 128 g/mol. The van der Waals surface area contributed by atoms with Crippen molar-refractivity contribution in [3.05, 3.63) is 24.3 Å². The fraction of sp³-hybridized carbons (Fsp3) is 0.286. The van der Waals surface area contributed by atoms with E-state index in [1.54, 1.807) is 18.1 Å². The van der Waals surface area contributed by atoms with Crippen LogP contribution in [0.15, 0.2) is 24.3 Å². The van der Waals surface area contributed by atoms with Crippen molar-refractivity contribution in [1.29, 1.82) is 0 Å². The molecule has 3 heteroatoms. The summed E-state index contributed by atoms with van der Waals surface area (Å²) < 4.78 is 0. The Morgan fingerprint density at radius 1 is 1.80 bits per heavy atom. The van der Waals surface area contributed by atoms with E-state index in [1.807, 2.05) is 6.08 Å². The maximum absolute atomic E-state index is 10.9. The Bertz CT molecular complexity index is 196. The van der Waals surface area contributed by atoms with Gasteiger partial charge in [0.2, 0.25) is 0 Å². The minimum atomic E-state index is -0.128. The van der Waals surface area contributed by atoms with Crippen molar-refractivity contribution in [3.63, 3.8) is 0 Å². The Kier molecular flexibility index (Phi) is 1.87. The van der Waals surface area contributed by atoms with Gasteiger partial charge in [-0.3, -0.25) is 10.2 Å². The molecule has 1 amide bonds. The smallest absolute Gasteiger partial charge is 0.264 e. The zero-order valence-corrected chi connectivity index (χ0v) is 5.92. The number of likely N-dealkylation sites (N-methyl/N-ethyl adjacent to an activating group) is 1. The standard InChI is InChI=1S/C7H10N2O/c1-6-4-3-5-9(2)8-7(6)10/h3-4H,1,5H2,2H3,(H,8,10). The number of hydrazine groups is 1. The van der Waals surface area contributed by atoms with E-state index in [0.29, 0.717) is 5.57 Å². The molecule has 0 aromatic rings. The second kappa shape index (κ2) is 2.66. The first-order valence-corrected chi connectivity index (χ1v) is 3.07. The van der Waals surface area contributed by atoms with Gasteiger partial charge >= 0.3 is 0 Å². The van der Waals surface area contributed by atoms with Gasteiger partial charge in [-0.05, 0) is 0 Å². The average Bonchev–Trinajstić information content (AvgIpc) is 1.96. The maximum atomic E-state index is 10.9.